The predicted octanol–water partition coefficient (Wildman–Crippen LogP) is 1.38. The molecule has 120 valence electrons. The summed E-state index contributed by atoms with van der Waals surface area (Å²) in [5.41, 5.74) is 0.172. The van der Waals surface area contributed by atoms with Gasteiger partial charge in [-0.1, -0.05) is 13.8 Å². The van der Waals surface area contributed by atoms with E-state index >= 15 is 0 Å². The van der Waals surface area contributed by atoms with Crippen molar-refractivity contribution in [3.63, 3.8) is 0 Å². The summed E-state index contributed by atoms with van der Waals surface area (Å²) in [7, 11) is 4.19. The second-order valence-corrected chi connectivity index (χ2v) is 6.68. The van der Waals surface area contributed by atoms with Crippen LogP contribution in [0.1, 0.15) is 52.4 Å². The number of rotatable bonds is 7. The Hall–Kier alpha value is -0.940. The van der Waals surface area contributed by atoms with Gasteiger partial charge in [-0.15, -0.1) is 0 Å². The maximum absolute atomic E-state index is 12.5. The van der Waals surface area contributed by atoms with Crippen molar-refractivity contribution < 1.29 is 9.59 Å². The fourth-order valence-corrected chi connectivity index (χ4v) is 3.53. The fraction of sp³-hybridized carbons (Fsp3) is 0.875. The first-order chi connectivity index (χ1) is 9.95. The average molecular weight is 295 g/mol. The van der Waals surface area contributed by atoms with Crippen LogP contribution in [0.2, 0.25) is 0 Å². The van der Waals surface area contributed by atoms with E-state index in [2.05, 4.69) is 24.3 Å². The largest absolute Gasteiger partial charge is 0.304 e. The van der Waals surface area contributed by atoms with Gasteiger partial charge < -0.3 is 10.2 Å². The van der Waals surface area contributed by atoms with Crippen molar-refractivity contribution in [2.24, 2.45) is 0 Å². The molecule has 2 fully saturated rings. The normalized spacial score (nSPS) is 25.0. The lowest BCUT2D eigenvalue weighted by Gasteiger charge is -2.48. The molecule has 0 bridgehead atoms. The average Bonchev–Trinajstić information content (AvgIpc) is 2.66. The van der Waals surface area contributed by atoms with E-state index < -0.39 is 0 Å². The van der Waals surface area contributed by atoms with E-state index in [0.717, 1.165) is 32.2 Å². The molecular weight excluding hydrogens is 266 g/mol. The van der Waals surface area contributed by atoms with Crippen LogP contribution in [0.3, 0.4) is 0 Å². The van der Waals surface area contributed by atoms with Gasteiger partial charge in [-0.05, 0) is 46.2 Å². The third-order valence-electron chi connectivity index (χ3n) is 5.40. The summed E-state index contributed by atoms with van der Waals surface area (Å²) < 4.78 is 0. The minimum absolute atomic E-state index is 0.0151. The van der Waals surface area contributed by atoms with Gasteiger partial charge in [0.05, 0.1) is 12.5 Å². The topological polar surface area (TPSA) is 52.7 Å². The Labute approximate surface area is 128 Å². The van der Waals surface area contributed by atoms with Crippen LogP contribution in [0, 0.1) is 0 Å². The van der Waals surface area contributed by atoms with Crippen LogP contribution >= 0.6 is 0 Å². The zero-order chi connectivity index (χ0) is 15.6. The van der Waals surface area contributed by atoms with Crippen LogP contribution < -0.4 is 5.32 Å². The number of carbonyl (C=O) groups is 2. The SMILES string of the molecule is CCC(CC)N1C(=O)CC(NCC2(N(C)C)CCC2)C1=O. The van der Waals surface area contributed by atoms with Crippen LogP contribution in [0.5, 0.6) is 0 Å². The fourth-order valence-electron chi connectivity index (χ4n) is 3.53. The van der Waals surface area contributed by atoms with Gasteiger partial charge in [-0.25, -0.2) is 0 Å². The molecule has 2 aliphatic rings. The summed E-state index contributed by atoms with van der Waals surface area (Å²) in [6.07, 6.45) is 5.57. The molecule has 0 aromatic heterocycles. The third-order valence-corrected chi connectivity index (χ3v) is 5.40. The van der Waals surface area contributed by atoms with Crippen LogP contribution in [-0.2, 0) is 9.59 Å². The lowest BCUT2D eigenvalue weighted by Crippen LogP contribution is -2.58. The molecular formula is C16H29N3O2. The zero-order valence-electron chi connectivity index (χ0n) is 13.8. The van der Waals surface area contributed by atoms with E-state index in [1.807, 2.05) is 13.8 Å². The molecule has 2 amide bonds. The maximum atomic E-state index is 12.5. The molecule has 1 aliphatic carbocycles. The molecule has 1 aliphatic heterocycles. The molecule has 1 N–H and O–H groups in total. The van der Waals surface area contributed by atoms with E-state index in [-0.39, 0.29) is 29.4 Å². The lowest BCUT2D eigenvalue weighted by atomic mass is 9.75. The first-order valence-corrected chi connectivity index (χ1v) is 8.22. The number of hydrogen-bond donors (Lipinski definition) is 1. The number of likely N-dealkylation sites (tertiary alicyclic amines) is 1. The molecule has 21 heavy (non-hydrogen) atoms. The molecule has 1 saturated carbocycles. The number of amides is 2. The second kappa shape index (κ2) is 6.44. The molecule has 1 saturated heterocycles. The van der Waals surface area contributed by atoms with Crippen molar-refractivity contribution in [3.8, 4) is 0 Å². The minimum Gasteiger partial charge on any atom is -0.304 e. The smallest absolute Gasteiger partial charge is 0.247 e. The molecule has 2 rings (SSSR count). The highest BCUT2D eigenvalue weighted by Gasteiger charge is 2.44. The Balaban J connectivity index is 1.96. The van der Waals surface area contributed by atoms with Crippen molar-refractivity contribution >= 4 is 11.8 Å². The van der Waals surface area contributed by atoms with E-state index in [0.29, 0.717) is 6.42 Å². The summed E-state index contributed by atoms with van der Waals surface area (Å²) >= 11 is 0. The van der Waals surface area contributed by atoms with Gasteiger partial charge in [0.2, 0.25) is 11.8 Å². The van der Waals surface area contributed by atoms with E-state index in [4.69, 9.17) is 0 Å². The third kappa shape index (κ3) is 2.99. The number of nitrogens with zero attached hydrogens (tertiary/aromatic N) is 2. The quantitative estimate of drug-likeness (QED) is 0.721. The lowest BCUT2D eigenvalue weighted by molar-refractivity contribution is -0.141. The summed E-state index contributed by atoms with van der Waals surface area (Å²) in [5, 5.41) is 3.37. The molecule has 1 atom stereocenters. The molecule has 0 aromatic rings. The molecule has 0 radical (unpaired) electrons. The standard InChI is InChI=1S/C16H29N3O2/c1-5-12(6-2)19-14(20)10-13(15(19)21)17-11-16(18(3)4)8-7-9-16/h12-13,17H,5-11H2,1-4H3. The molecule has 1 heterocycles. The Kier molecular flexibility index (Phi) is 5.04. The van der Waals surface area contributed by atoms with Crippen molar-refractivity contribution in [1.29, 1.82) is 0 Å². The second-order valence-electron chi connectivity index (χ2n) is 6.68. The van der Waals surface area contributed by atoms with E-state index in [1.165, 1.54) is 11.3 Å². The van der Waals surface area contributed by atoms with Crippen molar-refractivity contribution in [1.82, 2.24) is 15.1 Å². The van der Waals surface area contributed by atoms with Crippen molar-refractivity contribution in [2.75, 3.05) is 20.6 Å². The molecule has 5 nitrogen and oxygen atoms in total. The highest BCUT2D eigenvalue weighted by Crippen LogP contribution is 2.35. The molecule has 5 heteroatoms. The van der Waals surface area contributed by atoms with Crippen LogP contribution in [0.4, 0.5) is 0 Å². The van der Waals surface area contributed by atoms with Gasteiger partial charge in [-0.2, -0.15) is 0 Å². The van der Waals surface area contributed by atoms with Gasteiger partial charge in [0, 0.05) is 18.1 Å². The molecule has 0 aromatic carbocycles. The Morgan fingerprint density at radius 1 is 1.29 bits per heavy atom. The highest BCUT2D eigenvalue weighted by atomic mass is 16.2. The van der Waals surface area contributed by atoms with Gasteiger partial charge in [0.25, 0.3) is 0 Å². The molecule has 0 spiro atoms. The van der Waals surface area contributed by atoms with E-state index in [1.54, 1.807) is 0 Å². The van der Waals surface area contributed by atoms with Gasteiger partial charge in [0.15, 0.2) is 0 Å². The number of imide groups is 1. The first kappa shape index (κ1) is 16.4. The van der Waals surface area contributed by atoms with Gasteiger partial charge in [0.1, 0.15) is 0 Å². The first-order valence-electron chi connectivity index (χ1n) is 8.22. The summed E-state index contributed by atoms with van der Waals surface area (Å²) in [4.78, 5) is 28.4. The Bertz CT molecular complexity index is 400. The van der Waals surface area contributed by atoms with Crippen molar-refractivity contribution in [2.45, 2.75) is 70.0 Å². The van der Waals surface area contributed by atoms with Crippen LogP contribution in [-0.4, -0.2) is 59.9 Å². The Morgan fingerprint density at radius 3 is 2.33 bits per heavy atom. The molecule has 1 unspecified atom stereocenters. The van der Waals surface area contributed by atoms with Crippen LogP contribution in [0.25, 0.3) is 0 Å². The number of hydrogen-bond acceptors (Lipinski definition) is 4. The monoisotopic (exact) mass is 295 g/mol. The Morgan fingerprint density at radius 2 is 1.90 bits per heavy atom. The number of nitrogens with one attached hydrogen (secondary N) is 1. The summed E-state index contributed by atoms with van der Waals surface area (Å²) in [5.74, 6) is -0.0411. The number of likely N-dealkylation sites (N-methyl/N-ethyl adjacent to an activating group) is 1. The van der Waals surface area contributed by atoms with Crippen LogP contribution in [0.15, 0.2) is 0 Å². The van der Waals surface area contributed by atoms with Gasteiger partial charge in [-0.3, -0.25) is 14.5 Å². The number of carbonyl (C=O) groups excluding carboxylic acids is 2. The zero-order valence-corrected chi connectivity index (χ0v) is 13.8. The minimum atomic E-state index is -0.324. The highest BCUT2D eigenvalue weighted by molar-refractivity contribution is 6.05. The summed E-state index contributed by atoms with van der Waals surface area (Å²) in [6.45, 7) is 4.86. The summed E-state index contributed by atoms with van der Waals surface area (Å²) in [6, 6.07) is -0.265. The van der Waals surface area contributed by atoms with Crippen molar-refractivity contribution in [3.05, 3.63) is 0 Å². The maximum Gasteiger partial charge on any atom is 0.247 e. The van der Waals surface area contributed by atoms with Gasteiger partial charge >= 0.3 is 0 Å². The predicted molar refractivity (Wildman–Crippen MR) is 82.9 cm³/mol. The van der Waals surface area contributed by atoms with E-state index in [9.17, 15) is 9.59 Å².